The summed E-state index contributed by atoms with van der Waals surface area (Å²) in [5.74, 6) is -0.509. The Hall–Kier alpha value is -0.960. The van der Waals surface area contributed by atoms with E-state index in [1.165, 1.54) is 0 Å². The zero-order chi connectivity index (χ0) is 15.4. The summed E-state index contributed by atoms with van der Waals surface area (Å²) >= 11 is 0. The lowest BCUT2D eigenvalue weighted by Gasteiger charge is -2.29. The molecule has 19 heavy (non-hydrogen) atoms. The molecular formula is C16H28O3. The van der Waals surface area contributed by atoms with Crippen molar-refractivity contribution in [2.45, 2.75) is 61.0 Å². The Morgan fingerprint density at radius 1 is 1.16 bits per heavy atom. The summed E-state index contributed by atoms with van der Waals surface area (Å²) in [4.78, 5) is 24.7. The molecule has 0 aromatic carbocycles. The lowest BCUT2D eigenvalue weighted by Crippen LogP contribution is -2.37. The lowest BCUT2D eigenvalue weighted by molar-refractivity contribution is -0.141. The van der Waals surface area contributed by atoms with Gasteiger partial charge >= 0.3 is 0 Å². The molecule has 2 atom stereocenters. The van der Waals surface area contributed by atoms with Gasteiger partial charge in [0.15, 0.2) is 0 Å². The van der Waals surface area contributed by atoms with Gasteiger partial charge in [-0.2, -0.15) is 0 Å². The van der Waals surface area contributed by atoms with Crippen molar-refractivity contribution in [1.82, 2.24) is 0 Å². The third-order valence-corrected chi connectivity index (χ3v) is 4.53. The van der Waals surface area contributed by atoms with E-state index in [4.69, 9.17) is 4.74 Å². The van der Waals surface area contributed by atoms with Crippen LogP contribution in [0.25, 0.3) is 0 Å². The molecule has 0 radical (unpaired) electrons. The van der Waals surface area contributed by atoms with Crippen LogP contribution in [0.1, 0.15) is 54.9 Å². The third kappa shape index (κ3) is 4.00. The average Bonchev–Trinajstić information content (AvgIpc) is 2.41. The highest BCUT2D eigenvalue weighted by molar-refractivity contribution is 6.45. The fourth-order valence-electron chi connectivity index (χ4n) is 1.86. The Morgan fingerprint density at radius 2 is 1.63 bits per heavy atom. The number of carbonyl (C=O) groups excluding carboxylic acids is 2. The predicted octanol–water partition coefficient (Wildman–Crippen LogP) is 3.57. The molecule has 0 amide bonds. The maximum atomic E-state index is 12.4. The summed E-state index contributed by atoms with van der Waals surface area (Å²) < 4.78 is 5.20. The van der Waals surface area contributed by atoms with Crippen LogP contribution in [0.2, 0.25) is 0 Å². The van der Waals surface area contributed by atoms with E-state index < -0.39 is 5.41 Å². The SMILES string of the molecule is CC[C@H](C)C(C)(C)C(=O)C(=O)/C(C)=C(\C)[C@H](C)OC. The minimum absolute atomic E-state index is 0.150. The number of carbonyl (C=O) groups is 2. The van der Waals surface area contributed by atoms with Crippen LogP contribution in [-0.2, 0) is 14.3 Å². The minimum Gasteiger partial charge on any atom is -0.377 e. The molecule has 0 bridgehead atoms. The Balaban J connectivity index is 5.29. The number of Topliss-reactive ketones (excluding diaryl/α,β-unsaturated/α-hetero) is 2. The van der Waals surface area contributed by atoms with Crippen molar-refractivity contribution in [3.05, 3.63) is 11.1 Å². The van der Waals surface area contributed by atoms with Gasteiger partial charge in [-0.25, -0.2) is 0 Å². The second-order valence-electron chi connectivity index (χ2n) is 5.88. The van der Waals surface area contributed by atoms with Crippen LogP contribution in [0.5, 0.6) is 0 Å². The molecule has 0 saturated carbocycles. The normalized spacial score (nSPS) is 16.6. The minimum atomic E-state index is -0.621. The van der Waals surface area contributed by atoms with E-state index in [1.54, 1.807) is 14.0 Å². The van der Waals surface area contributed by atoms with Crippen LogP contribution in [0.4, 0.5) is 0 Å². The number of allylic oxidation sites excluding steroid dienone is 1. The van der Waals surface area contributed by atoms with E-state index in [0.717, 1.165) is 12.0 Å². The summed E-state index contributed by atoms with van der Waals surface area (Å²) in [5, 5.41) is 0. The highest BCUT2D eigenvalue weighted by Gasteiger charge is 2.37. The van der Waals surface area contributed by atoms with Crippen molar-refractivity contribution in [2.24, 2.45) is 11.3 Å². The van der Waals surface area contributed by atoms with Crippen LogP contribution in [0, 0.1) is 11.3 Å². The quantitative estimate of drug-likeness (QED) is 0.523. The fraction of sp³-hybridized carbons (Fsp3) is 0.750. The molecule has 0 N–H and O–H groups in total. The molecule has 0 fully saturated rings. The van der Waals surface area contributed by atoms with Gasteiger partial charge in [-0.05, 0) is 32.3 Å². The van der Waals surface area contributed by atoms with Crippen LogP contribution in [-0.4, -0.2) is 24.8 Å². The van der Waals surface area contributed by atoms with E-state index in [0.29, 0.717) is 5.57 Å². The Morgan fingerprint density at radius 3 is 2.00 bits per heavy atom. The van der Waals surface area contributed by atoms with Crippen LogP contribution in [0.15, 0.2) is 11.1 Å². The van der Waals surface area contributed by atoms with E-state index >= 15 is 0 Å². The van der Waals surface area contributed by atoms with Gasteiger partial charge in [-0.3, -0.25) is 9.59 Å². The van der Waals surface area contributed by atoms with E-state index in [9.17, 15) is 9.59 Å². The maximum absolute atomic E-state index is 12.4. The topological polar surface area (TPSA) is 43.4 Å². The number of rotatable bonds is 7. The monoisotopic (exact) mass is 268 g/mol. The molecule has 0 rings (SSSR count). The summed E-state index contributed by atoms with van der Waals surface area (Å²) in [7, 11) is 1.59. The molecule has 0 aliphatic rings. The molecule has 0 heterocycles. The van der Waals surface area contributed by atoms with Gasteiger partial charge in [0.25, 0.3) is 0 Å². The van der Waals surface area contributed by atoms with Crippen molar-refractivity contribution < 1.29 is 14.3 Å². The van der Waals surface area contributed by atoms with Crippen molar-refractivity contribution in [1.29, 1.82) is 0 Å². The number of hydrogen-bond donors (Lipinski definition) is 0. The van der Waals surface area contributed by atoms with Gasteiger partial charge in [0.1, 0.15) is 0 Å². The molecule has 3 nitrogen and oxygen atoms in total. The Labute approximate surface area is 117 Å². The smallest absolute Gasteiger partial charge is 0.224 e. The first-order valence-corrected chi connectivity index (χ1v) is 6.90. The van der Waals surface area contributed by atoms with Gasteiger partial charge in [-0.15, -0.1) is 0 Å². The van der Waals surface area contributed by atoms with Gasteiger partial charge in [0.2, 0.25) is 11.6 Å². The van der Waals surface area contributed by atoms with E-state index in [-0.39, 0.29) is 23.6 Å². The van der Waals surface area contributed by atoms with Crippen LogP contribution < -0.4 is 0 Å². The molecule has 0 aliphatic carbocycles. The summed E-state index contributed by atoms with van der Waals surface area (Å²) in [6.45, 7) is 13.2. The number of methoxy groups -OCH3 is 1. The fourth-order valence-corrected chi connectivity index (χ4v) is 1.86. The van der Waals surface area contributed by atoms with Crippen molar-refractivity contribution >= 4 is 11.6 Å². The maximum Gasteiger partial charge on any atom is 0.224 e. The molecule has 3 heteroatoms. The van der Waals surface area contributed by atoms with Crippen LogP contribution >= 0.6 is 0 Å². The largest absolute Gasteiger partial charge is 0.377 e. The van der Waals surface area contributed by atoms with Crippen molar-refractivity contribution in [2.75, 3.05) is 7.11 Å². The first kappa shape index (κ1) is 18.0. The molecule has 0 aromatic heterocycles. The third-order valence-electron chi connectivity index (χ3n) is 4.53. The summed E-state index contributed by atoms with van der Waals surface area (Å²) in [5.41, 5.74) is 0.709. The highest BCUT2D eigenvalue weighted by atomic mass is 16.5. The standard InChI is InChI=1S/C16H28O3/c1-9-10(2)16(6,7)15(18)14(17)12(4)11(3)13(5)19-8/h10,13H,9H2,1-8H3/b12-11+/t10-,13-/m0/s1. The molecule has 0 unspecified atom stereocenters. The number of hydrogen-bond acceptors (Lipinski definition) is 3. The lowest BCUT2D eigenvalue weighted by atomic mass is 9.73. The van der Waals surface area contributed by atoms with Gasteiger partial charge in [0.05, 0.1) is 6.10 Å². The Kier molecular flexibility index (Phi) is 6.64. The zero-order valence-corrected chi connectivity index (χ0v) is 13.6. The first-order valence-electron chi connectivity index (χ1n) is 6.90. The molecule has 0 spiro atoms. The molecule has 0 saturated heterocycles. The molecule has 110 valence electrons. The zero-order valence-electron chi connectivity index (χ0n) is 13.6. The number of ether oxygens (including phenoxy) is 1. The highest BCUT2D eigenvalue weighted by Crippen LogP contribution is 2.31. The van der Waals surface area contributed by atoms with Gasteiger partial charge < -0.3 is 4.74 Å². The summed E-state index contributed by atoms with van der Waals surface area (Å²) in [6.07, 6.45) is 0.728. The Bertz CT molecular complexity index is 377. The molecule has 0 aromatic rings. The van der Waals surface area contributed by atoms with Crippen LogP contribution in [0.3, 0.4) is 0 Å². The molecule has 0 aliphatic heterocycles. The number of ketones is 2. The summed E-state index contributed by atoms with van der Waals surface area (Å²) in [6, 6.07) is 0. The average molecular weight is 268 g/mol. The first-order chi connectivity index (χ1) is 8.61. The molecular weight excluding hydrogens is 240 g/mol. The second kappa shape index (κ2) is 6.99. The van der Waals surface area contributed by atoms with E-state index in [1.807, 2.05) is 41.5 Å². The van der Waals surface area contributed by atoms with Gasteiger partial charge in [0, 0.05) is 18.1 Å². The van der Waals surface area contributed by atoms with Crippen molar-refractivity contribution in [3.63, 3.8) is 0 Å². The van der Waals surface area contributed by atoms with Crippen molar-refractivity contribution in [3.8, 4) is 0 Å². The van der Waals surface area contributed by atoms with Gasteiger partial charge in [-0.1, -0.05) is 34.1 Å². The van der Waals surface area contributed by atoms with E-state index in [2.05, 4.69) is 0 Å². The second-order valence-corrected chi connectivity index (χ2v) is 5.88. The predicted molar refractivity (Wildman–Crippen MR) is 78.1 cm³/mol.